The van der Waals surface area contributed by atoms with E-state index >= 15 is 0 Å². The van der Waals surface area contributed by atoms with Gasteiger partial charge in [0.05, 0.1) is 10.2 Å². The van der Waals surface area contributed by atoms with Crippen molar-refractivity contribution in [1.82, 2.24) is 10.2 Å². The predicted octanol–water partition coefficient (Wildman–Crippen LogP) is 2.55. The van der Waals surface area contributed by atoms with E-state index in [1.54, 1.807) is 6.07 Å². The number of aromatic amines is 1. The molecule has 2 rings (SSSR count). The number of nitrogens with one attached hydrogen (secondary N) is 1. The van der Waals surface area contributed by atoms with Gasteiger partial charge in [0.25, 0.3) is 0 Å². The predicted molar refractivity (Wildman–Crippen MR) is 65.1 cm³/mol. The van der Waals surface area contributed by atoms with Gasteiger partial charge in [-0.25, -0.2) is 4.79 Å². The van der Waals surface area contributed by atoms with Crippen LogP contribution < -0.4 is 0 Å². The van der Waals surface area contributed by atoms with Crippen LogP contribution in [0, 0.1) is 6.92 Å². The molecule has 0 atom stereocenters. The number of rotatable bonds is 2. The summed E-state index contributed by atoms with van der Waals surface area (Å²) in [5.74, 6) is -1.04. The summed E-state index contributed by atoms with van der Waals surface area (Å²) in [6.07, 6.45) is 0. The first-order valence-electron chi connectivity index (χ1n) is 4.78. The lowest BCUT2D eigenvalue weighted by molar-refractivity contribution is 0.0690. The molecule has 5 nitrogen and oxygen atoms in total. The van der Waals surface area contributed by atoms with Gasteiger partial charge in [-0.2, -0.15) is 5.10 Å². The van der Waals surface area contributed by atoms with E-state index in [9.17, 15) is 9.90 Å². The summed E-state index contributed by atoms with van der Waals surface area (Å²) < 4.78 is 0.579. The Morgan fingerprint density at radius 2 is 2.18 bits per heavy atom. The molecule has 1 aromatic heterocycles. The number of carboxylic acid groups (broad SMARTS) is 1. The number of aromatic hydroxyl groups is 1. The molecule has 2 aromatic rings. The van der Waals surface area contributed by atoms with E-state index in [1.807, 2.05) is 13.0 Å². The van der Waals surface area contributed by atoms with Gasteiger partial charge in [-0.15, -0.1) is 0 Å². The molecule has 0 radical (unpaired) electrons. The second-order valence-corrected chi connectivity index (χ2v) is 4.36. The molecule has 6 heteroatoms. The fourth-order valence-corrected chi connectivity index (χ4v) is 1.79. The second kappa shape index (κ2) is 4.21. The van der Waals surface area contributed by atoms with Crippen molar-refractivity contribution in [3.8, 4) is 17.0 Å². The van der Waals surface area contributed by atoms with Crippen LogP contribution in [0.3, 0.4) is 0 Å². The van der Waals surface area contributed by atoms with E-state index in [0.29, 0.717) is 15.7 Å². The number of hydrogen-bond donors (Lipinski definition) is 3. The van der Waals surface area contributed by atoms with Crippen molar-refractivity contribution in [3.05, 3.63) is 33.9 Å². The SMILES string of the molecule is Cc1ccc(-c2cc(C(=O)O)[nH]n2)c(O)c1Br. The summed E-state index contributed by atoms with van der Waals surface area (Å²) in [5, 5.41) is 24.9. The number of hydrogen-bond acceptors (Lipinski definition) is 3. The molecule has 1 aromatic carbocycles. The average molecular weight is 297 g/mol. The highest BCUT2D eigenvalue weighted by Crippen LogP contribution is 2.36. The van der Waals surface area contributed by atoms with Crippen LogP contribution in [0.4, 0.5) is 0 Å². The smallest absolute Gasteiger partial charge is 0.353 e. The Hall–Kier alpha value is -1.82. The van der Waals surface area contributed by atoms with Crippen LogP contribution >= 0.6 is 15.9 Å². The highest BCUT2D eigenvalue weighted by molar-refractivity contribution is 9.10. The molecule has 0 spiro atoms. The molecule has 17 heavy (non-hydrogen) atoms. The summed E-state index contributed by atoms with van der Waals surface area (Å²) in [6, 6.07) is 4.88. The van der Waals surface area contributed by atoms with Gasteiger partial charge in [0.15, 0.2) is 0 Å². The van der Waals surface area contributed by atoms with Crippen LogP contribution in [0.1, 0.15) is 16.1 Å². The van der Waals surface area contributed by atoms with Gasteiger partial charge >= 0.3 is 5.97 Å². The molecule has 0 unspecified atom stereocenters. The molecule has 0 amide bonds. The van der Waals surface area contributed by atoms with Crippen LogP contribution in [0.25, 0.3) is 11.3 Å². The van der Waals surface area contributed by atoms with Crippen LogP contribution in [0.2, 0.25) is 0 Å². The van der Waals surface area contributed by atoms with Crippen LogP contribution in [-0.2, 0) is 0 Å². The standard InChI is InChI=1S/C11H9BrN2O3/c1-5-2-3-6(10(15)9(5)12)7-4-8(11(16)17)14-13-7/h2-4,15H,1H3,(H,13,14)(H,16,17). The minimum Gasteiger partial charge on any atom is -0.506 e. The number of H-pyrrole nitrogens is 1. The monoisotopic (exact) mass is 296 g/mol. The Balaban J connectivity index is 2.53. The summed E-state index contributed by atoms with van der Waals surface area (Å²) in [4.78, 5) is 10.7. The molecular weight excluding hydrogens is 288 g/mol. The minimum absolute atomic E-state index is 0.0175. The molecule has 0 bridgehead atoms. The quantitative estimate of drug-likeness (QED) is 0.795. The van der Waals surface area contributed by atoms with Crippen molar-refractivity contribution in [2.24, 2.45) is 0 Å². The van der Waals surface area contributed by atoms with Crippen molar-refractivity contribution in [2.45, 2.75) is 6.92 Å². The number of phenolic OH excluding ortho intramolecular Hbond substituents is 1. The lowest BCUT2D eigenvalue weighted by Crippen LogP contribution is -1.95. The number of aryl methyl sites for hydroxylation is 1. The number of carbonyl (C=O) groups is 1. The third kappa shape index (κ3) is 2.03. The number of benzene rings is 1. The zero-order valence-electron chi connectivity index (χ0n) is 8.86. The number of aromatic nitrogens is 2. The fourth-order valence-electron chi connectivity index (χ4n) is 1.44. The third-order valence-electron chi connectivity index (χ3n) is 2.39. The zero-order valence-corrected chi connectivity index (χ0v) is 10.4. The first-order valence-corrected chi connectivity index (χ1v) is 5.57. The fraction of sp³-hybridized carbons (Fsp3) is 0.0909. The Kier molecular flexibility index (Phi) is 2.89. The Morgan fingerprint density at radius 3 is 2.76 bits per heavy atom. The molecule has 0 fully saturated rings. The van der Waals surface area contributed by atoms with Gasteiger partial charge in [-0.3, -0.25) is 5.10 Å². The number of nitrogens with zero attached hydrogens (tertiary/aromatic N) is 1. The van der Waals surface area contributed by atoms with Crippen molar-refractivity contribution >= 4 is 21.9 Å². The average Bonchev–Trinajstić information content (AvgIpc) is 2.75. The molecule has 88 valence electrons. The molecular formula is C11H9BrN2O3. The summed E-state index contributed by atoms with van der Waals surface area (Å²) in [6.45, 7) is 1.85. The van der Waals surface area contributed by atoms with Crippen molar-refractivity contribution in [1.29, 1.82) is 0 Å². The van der Waals surface area contributed by atoms with Gasteiger partial charge in [-0.05, 0) is 40.5 Å². The third-order valence-corrected chi connectivity index (χ3v) is 3.39. The minimum atomic E-state index is -1.09. The van der Waals surface area contributed by atoms with Crippen molar-refractivity contribution in [2.75, 3.05) is 0 Å². The van der Waals surface area contributed by atoms with Crippen molar-refractivity contribution < 1.29 is 15.0 Å². The maximum atomic E-state index is 10.7. The largest absolute Gasteiger partial charge is 0.506 e. The van der Waals surface area contributed by atoms with E-state index in [2.05, 4.69) is 26.1 Å². The van der Waals surface area contributed by atoms with E-state index in [4.69, 9.17) is 5.11 Å². The van der Waals surface area contributed by atoms with Gasteiger partial charge in [0.2, 0.25) is 0 Å². The molecule has 0 aliphatic rings. The molecule has 0 saturated heterocycles. The number of halogens is 1. The van der Waals surface area contributed by atoms with E-state index in [1.165, 1.54) is 6.07 Å². The van der Waals surface area contributed by atoms with Crippen LogP contribution in [0.5, 0.6) is 5.75 Å². The first kappa shape index (κ1) is 11.7. The van der Waals surface area contributed by atoms with Gasteiger partial charge in [-0.1, -0.05) is 6.07 Å². The molecule has 3 N–H and O–H groups in total. The number of aromatic carboxylic acids is 1. The highest BCUT2D eigenvalue weighted by Gasteiger charge is 2.14. The molecule has 0 aliphatic carbocycles. The zero-order chi connectivity index (χ0) is 12.6. The second-order valence-electron chi connectivity index (χ2n) is 3.56. The summed E-state index contributed by atoms with van der Waals surface area (Å²) >= 11 is 3.26. The number of phenols is 1. The molecule has 0 aliphatic heterocycles. The van der Waals surface area contributed by atoms with E-state index < -0.39 is 5.97 Å². The van der Waals surface area contributed by atoms with Crippen LogP contribution in [-0.4, -0.2) is 26.4 Å². The van der Waals surface area contributed by atoms with E-state index in [0.717, 1.165) is 5.56 Å². The highest BCUT2D eigenvalue weighted by atomic mass is 79.9. The topological polar surface area (TPSA) is 86.2 Å². The lowest BCUT2D eigenvalue weighted by atomic mass is 10.1. The van der Waals surface area contributed by atoms with Crippen LogP contribution in [0.15, 0.2) is 22.7 Å². The van der Waals surface area contributed by atoms with E-state index in [-0.39, 0.29) is 11.4 Å². The normalized spacial score (nSPS) is 10.5. The Bertz CT molecular complexity index is 592. The molecule has 0 saturated carbocycles. The van der Waals surface area contributed by atoms with Crippen molar-refractivity contribution in [3.63, 3.8) is 0 Å². The first-order chi connectivity index (χ1) is 8.00. The number of carboxylic acids is 1. The summed E-state index contributed by atoms with van der Waals surface area (Å²) in [7, 11) is 0. The maximum absolute atomic E-state index is 10.7. The Labute approximate surface area is 105 Å². The Morgan fingerprint density at radius 1 is 1.47 bits per heavy atom. The summed E-state index contributed by atoms with van der Waals surface area (Å²) in [5.41, 5.74) is 1.74. The van der Waals surface area contributed by atoms with Gasteiger partial charge in [0.1, 0.15) is 11.4 Å². The lowest BCUT2D eigenvalue weighted by Gasteiger charge is -2.05. The van der Waals surface area contributed by atoms with Gasteiger partial charge in [0, 0.05) is 5.56 Å². The maximum Gasteiger partial charge on any atom is 0.353 e. The van der Waals surface area contributed by atoms with Gasteiger partial charge < -0.3 is 10.2 Å². The molecule has 1 heterocycles.